The maximum absolute atomic E-state index is 12.1. The number of hydrogen-bond donors (Lipinski definition) is 1. The van der Waals surface area contributed by atoms with E-state index in [0.29, 0.717) is 17.2 Å². The van der Waals surface area contributed by atoms with Gasteiger partial charge in [-0.25, -0.2) is 4.79 Å². The number of carbonyl (C=O) groups excluding carboxylic acids is 2. The van der Waals surface area contributed by atoms with Gasteiger partial charge in [0, 0.05) is 10.2 Å². The van der Waals surface area contributed by atoms with E-state index in [-0.39, 0.29) is 12.2 Å². The molecule has 0 bridgehead atoms. The predicted octanol–water partition coefficient (Wildman–Crippen LogP) is 3.88. The molecule has 7 heteroatoms. The summed E-state index contributed by atoms with van der Waals surface area (Å²) in [6, 6.07) is 8.42. The van der Waals surface area contributed by atoms with Crippen LogP contribution < -0.4 is 14.8 Å². The van der Waals surface area contributed by atoms with E-state index >= 15 is 0 Å². The Morgan fingerprint density at radius 1 is 1.00 bits per heavy atom. The summed E-state index contributed by atoms with van der Waals surface area (Å²) in [6.07, 6.45) is 0. The minimum atomic E-state index is -0.621. The van der Waals surface area contributed by atoms with Crippen LogP contribution in [0.2, 0.25) is 0 Å². The monoisotopic (exact) mass is 421 g/mol. The highest BCUT2D eigenvalue weighted by Gasteiger charge is 2.14. The van der Waals surface area contributed by atoms with Crippen LogP contribution in [-0.4, -0.2) is 32.7 Å². The largest absolute Gasteiger partial charge is 0.493 e. The van der Waals surface area contributed by atoms with E-state index in [4.69, 9.17) is 14.2 Å². The number of benzene rings is 2. The summed E-state index contributed by atoms with van der Waals surface area (Å²) in [5.74, 6) is -0.122. The summed E-state index contributed by atoms with van der Waals surface area (Å²) in [6.45, 7) is 3.42. The smallest absolute Gasteiger partial charge is 0.338 e. The molecule has 0 aliphatic rings. The van der Waals surface area contributed by atoms with Crippen LogP contribution in [0.5, 0.6) is 11.5 Å². The van der Waals surface area contributed by atoms with Crippen molar-refractivity contribution in [3.8, 4) is 11.5 Å². The molecule has 138 valence electrons. The molecule has 1 N–H and O–H groups in total. The quantitative estimate of drug-likeness (QED) is 0.716. The average molecular weight is 422 g/mol. The Bertz CT molecular complexity index is 835. The standard InChI is InChI=1S/C19H20BrNO5/c1-11-8-15(12(2)7-14(11)20)21-18(22)10-26-19(23)13-5-6-16(24-3)17(9-13)25-4/h5-9H,10H2,1-4H3,(H,21,22). The molecule has 2 aromatic rings. The molecule has 0 fully saturated rings. The summed E-state index contributed by atoms with van der Waals surface area (Å²) in [5.41, 5.74) is 2.85. The van der Waals surface area contributed by atoms with Crippen molar-refractivity contribution in [1.29, 1.82) is 0 Å². The molecule has 6 nitrogen and oxygen atoms in total. The van der Waals surface area contributed by atoms with Gasteiger partial charge in [-0.1, -0.05) is 15.9 Å². The fraction of sp³-hybridized carbons (Fsp3) is 0.263. The Labute approximate surface area is 160 Å². The van der Waals surface area contributed by atoms with Crippen molar-refractivity contribution < 1.29 is 23.8 Å². The number of methoxy groups -OCH3 is 2. The first-order chi connectivity index (χ1) is 12.3. The summed E-state index contributed by atoms with van der Waals surface area (Å²) in [7, 11) is 2.98. The van der Waals surface area contributed by atoms with Gasteiger partial charge < -0.3 is 19.5 Å². The molecule has 1 amide bonds. The van der Waals surface area contributed by atoms with Crippen molar-refractivity contribution in [2.45, 2.75) is 13.8 Å². The van der Waals surface area contributed by atoms with Crippen molar-refractivity contribution in [1.82, 2.24) is 0 Å². The van der Waals surface area contributed by atoms with E-state index in [0.717, 1.165) is 15.6 Å². The Morgan fingerprint density at radius 2 is 1.69 bits per heavy atom. The number of anilines is 1. The van der Waals surface area contributed by atoms with Gasteiger partial charge >= 0.3 is 5.97 Å². The summed E-state index contributed by atoms with van der Waals surface area (Å²) in [5, 5.41) is 2.74. The number of ether oxygens (including phenoxy) is 3. The second kappa shape index (κ2) is 8.71. The molecule has 2 rings (SSSR count). The first-order valence-electron chi connectivity index (χ1n) is 7.81. The van der Waals surface area contributed by atoms with Gasteiger partial charge in [0.2, 0.25) is 0 Å². The molecule has 0 radical (unpaired) electrons. The molecule has 0 atom stereocenters. The first-order valence-corrected chi connectivity index (χ1v) is 8.60. The second-order valence-electron chi connectivity index (χ2n) is 5.61. The van der Waals surface area contributed by atoms with Gasteiger partial charge in [0.1, 0.15) is 0 Å². The number of aryl methyl sites for hydroxylation is 2. The molecule has 0 spiro atoms. The number of esters is 1. The predicted molar refractivity (Wildman–Crippen MR) is 102 cm³/mol. The van der Waals surface area contributed by atoms with E-state index in [1.165, 1.54) is 20.3 Å². The minimum Gasteiger partial charge on any atom is -0.493 e. The van der Waals surface area contributed by atoms with Crippen LogP contribution in [0.3, 0.4) is 0 Å². The number of amides is 1. The fourth-order valence-electron chi connectivity index (χ4n) is 2.28. The normalized spacial score (nSPS) is 10.2. The number of halogens is 1. The zero-order valence-corrected chi connectivity index (χ0v) is 16.6. The summed E-state index contributed by atoms with van der Waals surface area (Å²) < 4.78 is 16.3. The third kappa shape index (κ3) is 4.76. The molecule has 0 heterocycles. The van der Waals surface area contributed by atoms with Gasteiger partial charge in [0.25, 0.3) is 5.91 Å². The molecule has 0 saturated heterocycles. The molecule has 0 aliphatic carbocycles. The highest BCUT2D eigenvalue weighted by Crippen LogP contribution is 2.28. The van der Waals surface area contributed by atoms with Gasteiger partial charge in [-0.3, -0.25) is 4.79 Å². The van der Waals surface area contributed by atoms with Gasteiger partial charge in [-0.05, 0) is 55.3 Å². The van der Waals surface area contributed by atoms with Crippen molar-refractivity contribution >= 4 is 33.5 Å². The topological polar surface area (TPSA) is 73.9 Å². The van der Waals surface area contributed by atoms with Crippen molar-refractivity contribution in [2.24, 2.45) is 0 Å². The van der Waals surface area contributed by atoms with Crippen molar-refractivity contribution in [3.63, 3.8) is 0 Å². The number of hydrogen-bond acceptors (Lipinski definition) is 5. The van der Waals surface area contributed by atoms with Gasteiger partial charge in [0.15, 0.2) is 18.1 Å². The lowest BCUT2D eigenvalue weighted by atomic mass is 10.1. The van der Waals surface area contributed by atoms with Crippen molar-refractivity contribution in [3.05, 3.63) is 51.5 Å². The molecule has 2 aromatic carbocycles. The minimum absolute atomic E-state index is 0.270. The van der Waals surface area contributed by atoms with Crippen LogP contribution in [0.1, 0.15) is 21.5 Å². The third-order valence-electron chi connectivity index (χ3n) is 3.73. The number of carbonyl (C=O) groups is 2. The number of nitrogens with one attached hydrogen (secondary N) is 1. The van der Waals surface area contributed by atoms with E-state index in [1.807, 2.05) is 26.0 Å². The Balaban J connectivity index is 1.99. The zero-order chi connectivity index (χ0) is 19.3. The van der Waals surface area contributed by atoms with E-state index in [9.17, 15) is 9.59 Å². The van der Waals surface area contributed by atoms with Crippen LogP contribution in [0, 0.1) is 13.8 Å². The lowest BCUT2D eigenvalue weighted by molar-refractivity contribution is -0.119. The average Bonchev–Trinajstić information content (AvgIpc) is 2.63. The lowest BCUT2D eigenvalue weighted by Gasteiger charge is -2.12. The maximum atomic E-state index is 12.1. The van der Waals surface area contributed by atoms with Gasteiger partial charge in [0.05, 0.1) is 19.8 Å². The van der Waals surface area contributed by atoms with E-state index in [1.54, 1.807) is 12.1 Å². The molecular formula is C19H20BrNO5. The van der Waals surface area contributed by atoms with Crippen LogP contribution in [-0.2, 0) is 9.53 Å². The van der Waals surface area contributed by atoms with Gasteiger partial charge in [-0.2, -0.15) is 0 Å². The Morgan fingerprint density at radius 3 is 2.35 bits per heavy atom. The highest BCUT2D eigenvalue weighted by atomic mass is 79.9. The SMILES string of the molecule is COc1ccc(C(=O)OCC(=O)Nc2cc(C)c(Br)cc2C)cc1OC. The molecular weight excluding hydrogens is 402 g/mol. The Kier molecular flexibility index (Phi) is 6.63. The summed E-state index contributed by atoms with van der Waals surface area (Å²) in [4.78, 5) is 24.2. The maximum Gasteiger partial charge on any atom is 0.338 e. The molecule has 0 aromatic heterocycles. The fourth-order valence-corrected chi connectivity index (χ4v) is 2.74. The van der Waals surface area contributed by atoms with Crippen molar-refractivity contribution in [2.75, 3.05) is 26.1 Å². The van der Waals surface area contributed by atoms with Crippen LogP contribution in [0.15, 0.2) is 34.8 Å². The molecule has 0 aliphatic heterocycles. The third-order valence-corrected chi connectivity index (χ3v) is 4.59. The van der Waals surface area contributed by atoms with Gasteiger partial charge in [-0.15, -0.1) is 0 Å². The van der Waals surface area contributed by atoms with Crippen LogP contribution in [0.25, 0.3) is 0 Å². The second-order valence-corrected chi connectivity index (χ2v) is 6.46. The summed E-state index contributed by atoms with van der Waals surface area (Å²) >= 11 is 3.44. The molecule has 26 heavy (non-hydrogen) atoms. The van der Waals surface area contributed by atoms with Crippen LogP contribution >= 0.6 is 15.9 Å². The molecule has 0 saturated carbocycles. The number of rotatable bonds is 6. The van der Waals surface area contributed by atoms with E-state index in [2.05, 4.69) is 21.2 Å². The highest BCUT2D eigenvalue weighted by molar-refractivity contribution is 9.10. The Hall–Kier alpha value is -2.54. The lowest BCUT2D eigenvalue weighted by Crippen LogP contribution is -2.21. The molecule has 0 unspecified atom stereocenters. The first kappa shape index (κ1) is 19.8. The zero-order valence-electron chi connectivity index (χ0n) is 15.0. The van der Waals surface area contributed by atoms with Crippen LogP contribution in [0.4, 0.5) is 5.69 Å². The van der Waals surface area contributed by atoms with E-state index < -0.39 is 11.9 Å².